The molecule has 3 rings (SSSR count). The lowest BCUT2D eigenvalue weighted by molar-refractivity contribution is -0.143. The molecule has 0 N–H and O–H groups in total. The van der Waals surface area contributed by atoms with E-state index < -0.39 is 0 Å². The molecule has 1 aromatic rings. The van der Waals surface area contributed by atoms with Crippen LogP contribution < -0.4 is 0 Å². The summed E-state index contributed by atoms with van der Waals surface area (Å²) in [6.45, 7) is 7.99. The Morgan fingerprint density at radius 1 is 1.30 bits per heavy atom. The molecule has 0 aliphatic carbocycles. The molecular formula is C20H33N5O2. The molecule has 1 spiro atoms. The van der Waals surface area contributed by atoms with Crippen molar-refractivity contribution in [2.75, 3.05) is 46.8 Å². The number of aryl methyl sites for hydroxylation is 1. The van der Waals surface area contributed by atoms with Gasteiger partial charge in [0.25, 0.3) is 0 Å². The monoisotopic (exact) mass is 375 g/mol. The Balaban J connectivity index is 1.57. The number of amides is 2. The first-order valence-electron chi connectivity index (χ1n) is 10.0. The van der Waals surface area contributed by atoms with Gasteiger partial charge in [-0.1, -0.05) is 0 Å². The minimum atomic E-state index is -0.266. The third kappa shape index (κ3) is 4.51. The minimum absolute atomic E-state index is 0.143. The molecule has 150 valence electrons. The molecule has 1 atom stereocenters. The molecule has 2 fully saturated rings. The van der Waals surface area contributed by atoms with Crippen molar-refractivity contribution in [1.82, 2.24) is 24.5 Å². The Morgan fingerprint density at radius 3 is 2.59 bits per heavy atom. The Hall–Kier alpha value is -1.89. The summed E-state index contributed by atoms with van der Waals surface area (Å²) in [7, 11) is 4.08. The van der Waals surface area contributed by atoms with Crippen LogP contribution in [0.5, 0.6) is 0 Å². The van der Waals surface area contributed by atoms with E-state index in [9.17, 15) is 9.59 Å². The molecule has 2 amide bonds. The zero-order chi connectivity index (χ0) is 19.6. The molecule has 3 heterocycles. The van der Waals surface area contributed by atoms with Crippen LogP contribution in [-0.2, 0) is 9.59 Å². The fraction of sp³-hybridized carbons (Fsp3) is 0.750. The van der Waals surface area contributed by atoms with E-state index in [0.717, 1.165) is 57.5 Å². The van der Waals surface area contributed by atoms with Gasteiger partial charge in [-0.3, -0.25) is 14.3 Å². The van der Waals surface area contributed by atoms with Crippen LogP contribution >= 0.6 is 0 Å². The number of hydrogen-bond donors (Lipinski definition) is 0. The van der Waals surface area contributed by atoms with Gasteiger partial charge >= 0.3 is 0 Å². The number of aromatic nitrogens is 2. The number of carbonyl (C=O) groups is 2. The van der Waals surface area contributed by atoms with Crippen LogP contribution in [0.3, 0.4) is 0 Å². The maximum atomic E-state index is 12.9. The van der Waals surface area contributed by atoms with Crippen LogP contribution in [0, 0.1) is 12.3 Å². The van der Waals surface area contributed by atoms with Crippen molar-refractivity contribution in [3.63, 3.8) is 0 Å². The number of piperidine rings is 2. The van der Waals surface area contributed by atoms with E-state index in [2.05, 4.69) is 10.00 Å². The molecule has 0 saturated carbocycles. The summed E-state index contributed by atoms with van der Waals surface area (Å²) in [5.74, 6) is 0.424. The van der Waals surface area contributed by atoms with Gasteiger partial charge in [-0.05, 0) is 58.2 Å². The molecule has 7 heteroatoms. The zero-order valence-corrected chi connectivity index (χ0v) is 17.1. The lowest BCUT2D eigenvalue weighted by atomic mass is 9.72. The van der Waals surface area contributed by atoms with Gasteiger partial charge in [-0.15, -0.1) is 0 Å². The Labute approximate surface area is 162 Å². The average Bonchev–Trinajstić information content (AvgIpc) is 3.08. The van der Waals surface area contributed by atoms with Gasteiger partial charge in [-0.2, -0.15) is 5.10 Å². The van der Waals surface area contributed by atoms with Crippen LogP contribution in [0.4, 0.5) is 0 Å². The van der Waals surface area contributed by atoms with Crippen molar-refractivity contribution in [1.29, 1.82) is 0 Å². The van der Waals surface area contributed by atoms with Crippen molar-refractivity contribution in [2.24, 2.45) is 5.41 Å². The second kappa shape index (κ2) is 8.00. The molecule has 0 aromatic carbocycles. The number of likely N-dealkylation sites (tertiary alicyclic amines) is 2. The first-order chi connectivity index (χ1) is 12.8. The van der Waals surface area contributed by atoms with Gasteiger partial charge in [0.2, 0.25) is 11.8 Å². The molecule has 0 bridgehead atoms. The zero-order valence-electron chi connectivity index (χ0n) is 17.1. The van der Waals surface area contributed by atoms with E-state index in [-0.39, 0.29) is 23.3 Å². The summed E-state index contributed by atoms with van der Waals surface area (Å²) in [4.78, 5) is 31.3. The topological polar surface area (TPSA) is 61.7 Å². The molecule has 2 aliphatic heterocycles. The molecule has 1 aromatic heterocycles. The van der Waals surface area contributed by atoms with Crippen molar-refractivity contribution < 1.29 is 9.59 Å². The van der Waals surface area contributed by atoms with E-state index in [4.69, 9.17) is 0 Å². The van der Waals surface area contributed by atoms with E-state index in [0.29, 0.717) is 6.42 Å². The lowest BCUT2D eigenvalue weighted by Gasteiger charge is -2.48. The Kier molecular flexibility index (Phi) is 5.89. The molecular weight excluding hydrogens is 342 g/mol. The van der Waals surface area contributed by atoms with Gasteiger partial charge in [0.05, 0.1) is 6.20 Å². The fourth-order valence-corrected chi connectivity index (χ4v) is 4.26. The van der Waals surface area contributed by atoms with E-state index in [1.807, 2.05) is 43.9 Å². The minimum Gasteiger partial charge on any atom is -0.341 e. The largest absolute Gasteiger partial charge is 0.341 e. The van der Waals surface area contributed by atoms with E-state index in [1.54, 1.807) is 10.9 Å². The summed E-state index contributed by atoms with van der Waals surface area (Å²) < 4.78 is 1.75. The number of rotatable bonds is 5. The number of nitrogens with zero attached hydrogens (tertiary/aromatic N) is 5. The van der Waals surface area contributed by atoms with Gasteiger partial charge < -0.3 is 14.7 Å². The smallest absolute Gasteiger partial charge is 0.247 e. The second-order valence-corrected chi connectivity index (χ2v) is 8.62. The third-order valence-corrected chi connectivity index (χ3v) is 6.19. The third-order valence-electron chi connectivity index (χ3n) is 6.19. The first kappa shape index (κ1) is 19.9. The van der Waals surface area contributed by atoms with Crippen molar-refractivity contribution in [2.45, 2.75) is 45.6 Å². The van der Waals surface area contributed by atoms with E-state index in [1.165, 1.54) is 0 Å². The standard InChI is InChI=1S/C20H33N5O2/c1-16-13-21-25(14-16)17(2)19(27)23-9-7-20(8-10-23)6-5-18(26)24(15-20)12-11-22(3)4/h13-14,17H,5-12,15H2,1-4H3/t17-/m1/s1. The summed E-state index contributed by atoms with van der Waals surface area (Å²) in [6, 6.07) is -0.266. The van der Waals surface area contributed by atoms with Crippen molar-refractivity contribution in [3.05, 3.63) is 18.0 Å². The maximum Gasteiger partial charge on any atom is 0.247 e. The highest BCUT2D eigenvalue weighted by molar-refractivity contribution is 5.80. The Morgan fingerprint density at radius 2 is 2.00 bits per heavy atom. The average molecular weight is 376 g/mol. The van der Waals surface area contributed by atoms with Crippen LogP contribution in [0.2, 0.25) is 0 Å². The molecule has 2 saturated heterocycles. The number of hydrogen-bond acceptors (Lipinski definition) is 4. The summed E-state index contributed by atoms with van der Waals surface area (Å²) in [6.07, 6.45) is 7.27. The molecule has 2 aliphatic rings. The van der Waals surface area contributed by atoms with Crippen LogP contribution in [0.25, 0.3) is 0 Å². The van der Waals surface area contributed by atoms with Crippen LogP contribution in [-0.4, -0.2) is 83.1 Å². The fourth-order valence-electron chi connectivity index (χ4n) is 4.26. The normalized spacial score (nSPS) is 21.1. The lowest BCUT2D eigenvalue weighted by Crippen LogP contribution is -2.53. The SMILES string of the molecule is Cc1cnn([C@H](C)C(=O)N2CCC3(CCC(=O)N(CCN(C)C)C3)CC2)c1. The molecule has 27 heavy (non-hydrogen) atoms. The van der Waals surface area contributed by atoms with E-state index >= 15 is 0 Å². The van der Waals surface area contributed by atoms with Crippen molar-refractivity contribution in [3.8, 4) is 0 Å². The number of likely N-dealkylation sites (N-methyl/N-ethyl adjacent to an activating group) is 1. The molecule has 0 radical (unpaired) electrons. The highest BCUT2D eigenvalue weighted by atomic mass is 16.2. The van der Waals surface area contributed by atoms with Gasteiger partial charge in [0.1, 0.15) is 6.04 Å². The Bertz CT molecular complexity index is 676. The maximum absolute atomic E-state index is 12.9. The first-order valence-corrected chi connectivity index (χ1v) is 10.0. The van der Waals surface area contributed by atoms with Gasteiger partial charge in [-0.25, -0.2) is 0 Å². The highest BCUT2D eigenvalue weighted by Crippen LogP contribution is 2.40. The summed E-state index contributed by atoms with van der Waals surface area (Å²) >= 11 is 0. The van der Waals surface area contributed by atoms with Gasteiger partial charge in [0, 0.05) is 45.3 Å². The quantitative estimate of drug-likeness (QED) is 0.783. The predicted molar refractivity (Wildman–Crippen MR) is 104 cm³/mol. The van der Waals surface area contributed by atoms with Crippen LogP contribution in [0.1, 0.15) is 44.2 Å². The second-order valence-electron chi connectivity index (χ2n) is 8.62. The van der Waals surface area contributed by atoms with Crippen molar-refractivity contribution >= 4 is 11.8 Å². The van der Waals surface area contributed by atoms with Crippen LogP contribution in [0.15, 0.2) is 12.4 Å². The molecule has 0 unspecified atom stereocenters. The summed E-state index contributed by atoms with van der Waals surface area (Å²) in [5.41, 5.74) is 1.25. The summed E-state index contributed by atoms with van der Waals surface area (Å²) in [5, 5.41) is 4.29. The van der Waals surface area contributed by atoms with Gasteiger partial charge in [0.15, 0.2) is 0 Å². The highest BCUT2D eigenvalue weighted by Gasteiger charge is 2.42. The number of carbonyl (C=O) groups excluding carboxylic acids is 2. The predicted octanol–water partition coefficient (Wildman–Crippen LogP) is 1.55. The molecule has 7 nitrogen and oxygen atoms in total.